The van der Waals surface area contributed by atoms with Gasteiger partial charge in [-0.2, -0.15) is 0 Å². The lowest BCUT2D eigenvalue weighted by Crippen LogP contribution is -2.19. The van der Waals surface area contributed by atoms with Crippen LogP contribution in [0.1, 0.15) is 20.3 Å². The largest absolute Gasteiger partial charge is 0.397 e. The first-order chi connectivity index (χ1) is 8.40. The molecule has 0 bridgehead atoms. The van der Waals surface area contributed by atoms with Crippen LogP contribution in [0.4, 0.5) is 11.4 Å². The number of hydrogen-bond acceptors (Lipinski definition) is 4. The molecule has 1 aromatic carbocycles. The molecule has 0 saturated carbocycles. The third-order valence-electron chi connectivity index (χ3n) is 2.94. The molecule has 1 atom stereocenters. The Morgan fingerprint density at radius 3 is 2.56 bits per heavy atom. The SMILES string of the molecule is CCC(C)CNc1ccc(S(=O)(=O)NC)cc1N. The van der Waals surface area contributed by atoms with Crippen LogP contribution in [0.2, 0.25) is 0 Å². The quantitative estimate of drug-likeness (QED) is 0.687. The van der Waals surface area contributed by atoms with Gasteiger partial charge in [0.2, 0.25) is 10.0 Å². The van der Waals surface area contributed by atoms with Gasteiger partial charge in [0.05, 0.1) is 16.3 Å². The van der Waals surface area contributed by atoms with Crippen molar-refractivity contribution in [2.75, 3.05) is 24.6 Å². The summed E-state index contributed by atoms with van der Waals surface area (Å²) in [6.45, 7) is 5.08. The molecule has 6 heteroatoms. The maximum atomic E-state index is 11.6. The number of nitrogens with one attached hydrogen (secondary N) is 2. The standard InChI is InChI=1S/C12H21N3O2S/c1-4-9(2)8-15-12-6-5-10(7-11(12)13)18(16,17)14-3/h5-7,9,14-15H,4,8,13H2,1-3H3. The van der Waals surface area contributed by atoms with Crippen LogP contribution in [0.15, 0.2) is 23.1 Å². The second-order valence-electron chi connectivity index (χ2n) is 4.35. The van der Waals surface area contributed by atoms with E-state index in [1.54, 1.807) is 12.1 Å². The van der Waals surface area contributed by atoms with Crippen LogP contribution in [0.25, 0.3) is 0 Å². The number of rotatable bonds is 6. The van der Waals surface area contributed by atoms with Crippen molar-refractivity contribution in [1.29, 1.82) is 0 Å². The van der Waals surface area contributed by atoms with Crippen molar-refractivity contribution < 1.29 is 8.42 Å². The zero-order valence-electron chi connectivity index (χ0n) is 11.0. The summed E-state index contributed by atoms with van der Waals surface area (Å²) in [7, 11) is -2.06. The highest BCUT2D eigenvalue weighted by molar-refractivity contribution is 7.89. The van der Waals surface area contributed by atoms with Gasteiger partial charge in [-0.05, 0) is 31.2 Å². The minimum atomic E-state index is -3.43. The first-order valence-corrected chi connectivity index (χ1v) is 7.46. The maximum Gasteiger partial charge on any atom is 0.240 e. The van der Waals surface area contributed by atoms with Crippen molar-refractivity contribution in [3.63, 3.8) is 0 Å². The van der Waals surface area contributed by atoms with Gasteiger partial charge in [-0.1, -0.05) is 20.3 Å². The van der Waals surface area contributed by atoms with E-state index >= 15 is 0 Å². The van der Waals surface area contributed by atoms with Gasteiger partial charge < -0.3 is 11.1 Å². The van der Waals surface area contributed by atoms with Crippen LogP contribution in [-0.4, -0.2) is 22.0 Å². The molecule has 1 unspecified atom stereocenters. The summed E-state index contributed by atoms with van der Waals surface area (Å²) < 4.78 is 25.4. The highest BCUT2D eigenvalue weighted by Gasteiger charge is 2.12. The maximum absolute atomic E-state index is 11.6. The number of anilines is 2. The number of sulfonamides is 1. The van der Waals surface area contributed by atoms with Crippen LogP contribution in [0, 0.1) is 5.92 Å². The Kier molecular flexibility index (Phi) is 4.98. The summed E-state index contributed by atoms with van der Waals surface area (Å²) in [6, 6.07) is 4.70. The molecule has 1 rings (SSSR count). The van der Waals surface area contributed by atoms with Crippen molar-refractivity contribution >= 4 is 21.4 Å². The molecule has 4 N–H and O–H groups in total. The van der Waals surface area contributed by atoms with Gasteiger partial charge in [0.1, 0.15) is 0 Å². The molecule has 1 aromatic rings. The van der Waals surface area contributed by atoms with Gasteiger partial charge in [0, 0.05) is 6.54 Å². The zero-order chi connectivity index (χ0) is 13.8. The Morgan fingerprint density at radius 1 is 1.39 bits per heavy atom. The zero-order valence-corrected chi connectivity index (χ0v) is 11.8. The van der Waals surface area contributed by atoms with Crippen molar-refractivity contribution in [3.8, 4) is 0 Å². The predicted molar refractivity (Wildman–Crippen MR) is 75.0 cm³/mol. The van der Waals surface area contributed by atoms with E-state index in [0.717, 1.165) is 18.7 Å². The average Bonchev–Trinajstić information content (AvgIpc) is 2.36. The average molecular weight is 271 g/mol. The smallest absolute Gasteiger partial charge is 0.240 e. The van der Waals surface area contributed by atoms with E-state index in [9.17, 15) is 8.42 Å². The number of hydrogen-bond donors (Lipinski definition) is 3. The van der Waals surface area contributed by atoms with Gasteiger partial charge in [0.15, 0.2) is 0 Å². The van der Waals surface area contributed by atoms with Crippen LogP contribution in [0.5, 0.6) is 0 Å². The van der Waals surface area contributed by atoms with E-state index in [0.29, 0.717) is 11.6 Å². The first-order valence-electron chi connectivity index (χ1n) is 5.97. The Hall–Kier alpha value is -1.27. The Bertz CT molecular complexity index is 500. The topological polar surface area (TPSA) is 84.2 Å². The van der Waals surface area contributed by atoms with Crippen LogP contribution >= 0.6 is 0 Å². The minimum absolute atomic E-state index is 0.177. The van der Waals surface area contributed by atoms with Gasteiger partial charge in [-0.15, -0.1) is 0 Å². The molecule has 0 fully saturated rings. The molecule has 18 heavy (non-hydrogen) atoms. The summed E-state index contributed by atoms with van der Waals surface area (Å²) in [6.07, 6.45) is 1.08. The molecular weight excluding hydrogens is 250 g/mol. The van der Waals surface area contributed by atoms with Crippen molar-refractivity contribution in [1.82, 2.24) is 4.72 Å². The van der Waals surface area contributed by atoms with Crippen molar-refractivity contribution in [2.24, 2.45) is 5.92 Å². The highest BCUT2D eigenvalue weighted by atomic mass is 32.2. The number of nitrogens with two attached hydrogens (primary N) is 1. The Balaban J connectivity index is 2.87. The fraction of sp³-hybridized carbons (Fsp3) is 0.500. The van der Waals surface area contributed by atoms with Gasteiger partial charge >= 0.3 is 0 Å². The van der Waals surface area contributed by atoms with Crippen LogP contribution in [-0.2, 0) is 10.0 Å². The molecule has 5 nitrogen and oxygen atoms in total. The molecule has 0 amide bonds. The third kappa shape index (κ3) is 3.61. The minimum Gasteiger partial charge on any atom is -0.397 e. The lowest BCUT2D eigenvalue weighted by Gasteiger charge is -2.14. The summed E-state index contributed by atoms with van der Waals surface area (Å²) in [5, 5.41) is 3.22. The summed E-state index contributed by atoms with van der Waals surface area (Å²) in [5.74, 6) is 0.546. The molecule has 0 aliphatic heterocycles. The van der Waals surface area contributed by atoms with E-state index in [1.165, 1.54) is 13.1 Å². The van der Waals surface area contributed by atoms with E-state index in [4.69, 9.17) is 5.73 Å². The number of nitrogen functional groups attached to an aromatic ring is 1. The predicted octanol–water partition coefficient (Wildman–Crippen LogP) is 1.63. The van der Waals surface area contributed by atoms with Crippen LogP contribution < -0.4 is 15.8 Å². The summed E-state index contributed by atoms with van der Waals surface area (Å²) in [4.78, 5) is 0.177. The van der Waals surface area contributed by atoms with Crippen molar-refractivity contribution in [2.45, 2.75) is 25.2 Å². The van der Waals surface area contributed by atoms with E-state index < -0.39 is 10.0 Å². The Labute approximate surface area is 109 Å². The molecule has 0 heterocycles. The monoisotopic (exact) mass is 271 g/mol. The summed E-state index contributed by atoms with van der Waals surface area (Å²) >= 11 is 0. The van der Waals surface area contributed by atoms with Gasteiger partial charge in [-0.3, -0.25) is 0 Å². The lowest BCUT2D eigenvalue weighted by atomic mass is 10.1. The first kappa shape index (κ1) is 14.8. The van der Waals surface area contributed by atoms with Gasteiger partial charge in [0.25, 0.3) is 0 Å². The lowest BCUT2D eigenvalue weighted by molar-refractivity contribution is 0.588. The second-order valence-corrected chi connectivity index (χ2v) is 6.24. The molecule has 0 aliphatic carbocycles. The normalized spacial score (nSPS) is 13.3. The molecule has 102 valence electrons. The molecule has 0 saturated heterocycles. The van der Waals surface area contributed by atoms with Crippen LogP contribution in [0.3, 0.4) is 0 Å². The fourth-order valence-electron chi connectivity index (χ4n) is 1.42. The molecule has 0 spiro atoms. The van der Waals surface area contributed by atoms with Gasteiger partial charge in [-0.25, -0.2) is 13.1 Å². The molecule has 0 radical (unpaired) electrons. The fourth-order valence-corrected chi connectivity index (χ4v) is 2.18. The van der Waals surface area contributed by atoms with E-state index in [2.05, 4.69) is 23.9 Å². The molecule has 0 aromatic heterocycles. The number of benzene rings is 1. The van der Waals surface area contributed by atoms with E-state index in [-0.39, 0.29) is 4.90 Å². The molecule has 0 aliphatic rings. The van der Waals surface area contributed by atoms with Crippen molar-refractivity contribution in [3.05, 3.63) is 18.2 Å². The third-order valence-corrected chi connectivity index (χ3v) is 4.35. The van der Waals surface area contributed by atoms with E-state index in [1.807, 2.05) is 0 Å². The highest BCUT2D eigenvalue weighted by Crippen LogP contribution is 2.22. The summed E-state index contributed by atoms with van der Waals surface area (Å²) in [5.41, 5.74) is 7.05. The Morgan fingerprint density at radius 2 is 2.06 bits per heavy atom. The molecular formula is C12H21N3O2S. The second kappa shape index (κ2) is 6.06.